The highest BCUT2D eigenvalue weighted by Crippen LogP contribution is 2.22. The number of alkyl halides is 1. The topological polar surface area (TPSA) is 58.4 Å². The average Bonchev–Trinajstić information content (AvgIpc) is 2.94. The fourth-order valence-electron chi connectivity index (χ4n) is 2.16. The number of carbonyl (C=O) groups is 1. The number of nitrogens with zero attached hydrogens (tertiary/aromatic N) is 3. The molecule has 2 atom stereocenters. The van der Waals surface area contributed by atoms with Gasteiger partial charge in [-0.15, -0.1) is 0 Å². The van der Waals surface area contributed by atoms with Gasteiger partial charge in [0.2, 0.25) is 0 Å². The second-order valence-electron chi connectivity index (χ2n) is 4.93. The zero-order chi connectivity index (χ0) is 13.3. The Morgan fingerprint density at radius 1 is 1.67 bits per heavy atom. The van der Waals surface area contributed by atoms with Gasteiger partial charge in [0.15, 0.2) is 0 Å². The summed E-state index contributed by atoms with van der Waals surface area (Å²) in [4.78, 5) is 17.6. The fourth-order valence-corrected chi connectivity index (χ4v) is 2.16. The van der Waals surface area contributed by atoms with E-state index in [1.807, 2.05) is 18.4 Å². The number of imidazole rings is 1. The first-order valence-electron chi connectivity index (χ1n) is 6.12. The highest BCUT2D eigenvalue weighted by Gasteiger charge is 2.36. The van der Waals surface area contributed by atoms with Gasteiger partial charge in [-0.05, 0) is 13.8 Å². The van der Waals surface area contributed by atoms with Crippen LogP contribution in [0.5, 0.6) is 0 Å². The molecule has 0 bridgehead atoms. The molecule has 1 saturated heterocycles. The molecule has 5 nitrogen and oxygen atoms in total. The third-order valence-electron chi connectivity index (χ3n) is 3.25. The Kier molecular flexibility index (Phi) is 3.65. The van der Waals surface area contributed by atoms with E-state index in [2.05, 4.69) is 4.98 Å². The molecule has 6 heteroatoms. The van der Waals surface area contributed by atoms with Crippen molar-refractivity contribution in [2.45, 2.75) is 38.5 Å². The summed E-state index contributed by atoms with van der Waals surface area (Å²) < 4.78 is 15.1. The summed E-state index contributed by atoms with van der Waals surface area (Å²) in [6.45, 7) is 3.80. The number of carbonyl (C=O) groups excluding carboxylic acids is 1. The summed E-state index contributed by atoms with van der Waals surface area (Å²) >= 11 is 0. The van der Waals surface area contributed by atoms with Gasteiger partial charge in [0.25, 0.3) is 5.91 Å². The Labute approximate surface area is 105 Å². The molecule has 1 aliphatic heterocycles. The van der Waals surface area contributed by atoms with Gasteiger partial charge in [-0.3, -0.25) is 4.79 Å². The van der Waals surface area contributed by atoms with E-state index in [0.29, 0.717) is 5.69 Å². The average molecular weight is 255 g/mol. The molecule has 18 heavy (non-hydrogen) atoms. The summed E-state index contributed by atoms with van der Waals surface area (Å²) in [7, 11) is 0. The quantitative estimate of drug-likeness (QED) is 0.877. The molecule has 0 saturated carbocycles. The molecule has 1 amide bonds. The molecule has 1 aromatic rings. The molecule has 2 heterocycles. The van der Waals surface area contributed by atoms with E-state index in [9.17, 15) is 9.18 Å². The monoisotopic (exact) mass is 255 g/mol. The molecule has 0 aromatic carbocycles. The zero-order valence-electron chi connectivity index (χ0n) is 10.6. The van der Waals surface area contributed by atoms with Gasteiger partial charge >= 0.3 is 0 Å². The predicted octanol–water partition coefficient (Wildman–Crippen LogP) is 1.01. The van der Waals surface area contributed by atoms with Crippen LogP contribution in [0.4, 0.5) is 4.39 Å². The molecule has 0 unspecified atom stereocenters. The van der Waals surface area contributed by atoms with E-state index in [0.717, 1.165) is 0 Å². The maximum Gasteiger partial charge on any atom is 0.274 e. The smallest absolute Gasteiger partial charge is 0.274 e. The highest BCUT2D eigenvalue weighted by atomic mass is 19.1. The van der Waals surface area contributed by atoms with Crippen molar-refractivity contribution in [3.8, 4) is 0 Å². The molecule has 2 rings (SSSR count). The van der Waals surface area contributed by atoms with Crippen molar-refractivity contribution < 1.29 is 14.3 Å². The number of halogens is 1. The minimum Gasteiger partial charge on any atom is -0.394 e. The first-order chi connectivity index (χ1) is 8.52. The van der Waals surface area contributed by atoms with Gasteiger partial charge in [0, 0.05) is 18.7 Å². The molecule has 1 N–H and O–H groups in total. The van der Waals surface area contributed by atoms with E-state index in [1.165, 1.54) is 4.90 Å². The lowest BCUT2D eigenvalue weighted by Gasteiger charge is -2.21. The Morgan fingerprint density at radius 3 is 2.94 bits per heavy atom. The van der Waals surface area contributed by atoms with Gasteiger partial charge in [0.05, 0.1) is 25.5 Å². The Bertz CT molecular complexity index is 433. The third kappa shape index (κ3) is 2.38. The van der Waals surface area contributed by atoms with E-state index >= 15 is 0 Å². The molecule has 1 fully saturated rings. The minimum absolute atomic E-state index is 0.0403. The number of rotatable bonds is 3. The largest absolute Gasteiger partial charge is 0.394 e. The second kappa shape index (κ2) is 5.06. The number of amides is 1. The van der Waals surface area contributed by atoms with Gasteiger partial charge in [-0.25, -0.2) is 9.37 Å². The fraction of sp³-hybridized carbons (Fsp3) is 0.667. The standard InChI is InChI=1S/C12H18FN3O2/c1-8(2)15-5-11(14-7-15)12(18)16-4-9(13)3-10(16)6-17/h5,7-10,17H,3-4,6H2,1-2H3/t9-,10-/m0/s1. The normalized spacial score (nSPS) is 23.9. The summed E-state index contributed by atoms with van der Waals surface area (Å²) in [5.74, 6) is -0.311. The predicted molar refractivity (Wildman–Crippen MR) is 64.0 cm³/mol. The number of aliphatic hydroxyl groups excluding tert-OH is 1. The Balaban J connectivity index is 2.15. The van der Waals surface area contributed by atoms with Crippen LogP contribution < -0.4 is 0 Å². The van der Waals surface area contributed by atoms with Crippen LogP contribution >= 0.6 is 0 Å². The molecule has 0 radical (unpaired) electrons. The Hall–Kier alpha value is -1.43. The van der Waals surface area contributed by atoms with Crippen molar-refractivity contribution in [1.82, 2.24) is 14.5 Å². The maximum absolute atomic E-state index is 13.3. The number of hydrogen-bond donors (Lipinski definition) is 1. The number of hydrogen-bond acceptors (Lipinski definition) is 3. The molecule has 1 aromatic heterocycles. The van der Waals surface area contributed by atoms with Gasteiger partial charge < -0.3 is 14.6 Å². The van der Waals surface area contributed by atoms with Crippen LogP contribution in [0.15, 0.2) is 12.5 Å². The van der Waals surface area contributed by atoms with Crippen LogP contribution in [0, 0.1) is 0 Å². The van der Waals surface area contributed by atoms with E-state index in [1.54, 1.807) is 12.5 Å². The van der Waals surface area contributed by atoms with Gasteiger partial charge in [0.1, 0.15) is 11.9 Å². The maximum atomic E-state index is 13.3. The third-order valence-corrected chi connectivity index (χ3v) is 3.25. The molecular formula is C12H18FN3O2. The van der Waals surface area contributed by atoms with Crippen LogP contribution in [0.25, 0.3) is 0 Å². The van der Waals surface area contributed by atoms with Crippen molar-refractivity contribution in [1.29, 1.82) is 0 Å². The van der Waals surface area contributed by atoms with Crippen LogP contribution in [0.2, 0.25) is 0 Å². The minimum atomic E-state index is -1.06. The van der Waals surface area contributed by atoms with Crippen molar-refractivity contribution in [3.63, 3.8) is 0 Å². The molecule has 0 spiro atoms. The van der Waals surface area contributed by atoms with Crippen LogP contribution in [0.3, 0.4) is 0 Å². The zero-order valence-corrected chi connectivity index (χ0v) is 10.6. The number of likely N-dealkylation sites (tertiary alicyclic amines) is 1. The van der Waals surface area contributed by atoms with Crippen LogP contribution in [0.1, 0.15) is 36.8 Å². The van der Waals surface area contributed by atoms with Crippen molar-refractivity contribution in [2.24, 2.45) is 0 Å². The lowest BCUT2D eigenvalue weighted by atomic mass is 10.2. The van der Waals surface area contributed by atoms with E-state index in [4.69, 9.17) is 5.11 Å². The van der Waals surface area contributed by atoms with E-state index < -0.39 is 12.2 Å². The molecular weight excluding hydrogens is 237 g/mol. The summed E-state index contributed by atoms with van der Waals surface area (Å²) in [5.41, 5.74) is 0.302. The summed E-state index contributed by atoms with van der Waals surface area (Å²) in [6.07, 6.45) is 2.40. The lowest BCUT2D eigenvalue weighted by Crippen LogP contribution is -2.38. The van der Waals surface area contributed by atoms with Crippen molar-refractivity contribution >= 4 is 5.91 Å². The summed E-state index contributed by atoms with van der Waals surface area (Å²) in [5, 5.41) is 9.16. The SMILES string of the molecule is CC(C)n1cnc(C(=O)N2C[C@@H](F)C[C@H]2CO)c1. The highest BCUT2D eigenvalue weighted by molar-refractivity contribution is 5.92. The summed E-state index contributed by atoms with van der Waals surface area (Å²) in [6, 6.07) is -0.211. The van der Waals surface area contributed by atoms with Crippen LogP contribution in [-0.4, -0.2) is 50.8 Å². The van der Waals surface area contributed by atoms with Crippen molar-refractivity contribution in [3.05, 3.63) is 18.2 Å². The van der Waals surface area contributed by atoms with Crippen molar-refractivity contribution in [2.75, 3.05) is 13.2 Å². The Morgan fingerprint density at radius 2 is 2.39 bits per heavy atom. The van der Waals surface area contributed by atoms with Gasteiger partial charge in [-0.1, -0.05) is 0 Å². The van der Waals surface area contributed by atoms with Gasteiger partial charge in [-0.2, -0.15) is 0 Å². The first-order valence-corrected chi connectivity index (χ1v) is 6.12. The van der Waals surface area contributed by atoms with E-state index in [-0.39, 0.29) is 31.5 Å². The first kappa shape index (κ1) is 13.0. The number of aliphatic hydroxyl groups is 1. The lowest BCUT2D eigenvalue weighted by molar-refractivity contribution is 0.0667. The van der Waals surface area contributed by atoms with Crippen LogP contribution in [-0.2, 0) is 0 Å². The number of aromatic nitrogens is 2. The molecule has 1 aliphatic rings. The molecule has 0 aliphatic carbocycles. The molecule has 100 valence electrons. The second-order valence-corrected chi connectivity index (χ2v) is 4.93.